The number of fused-ring (bicyclic) bond motifs is 3. The van der Waals surface area contributed by atoms with Crippen LogP contribution in [0.1, 0.15) is 42.4 Å². The molecule has 1 N–H and O–H groups in total. The maximum absolute atomic E-state index is 11.2. The first-order valence-electron chi connectivity index (χ1n) is 10.9. The van der Waals surface area contributed by atoms with Gasteiger partial charge in [0.05, 0.1) is 6.61 Å². The van der Waals surface area contributed by atoms with E-state index in [1.807, 2.05) is 24.3 Å². The monoisotopic (exact) mass is 416 g/mol. The van der Waals surface area contributed by atoms with Crippen molar-refractivity contribution in [1.82, 2.24) is 0 Å². The molecule has 1 atom stereocenters. The number of hydrogen-bond acceptors (Lipinski definition) is 3. The lowest BCUT2D eigenvalue weighted by Crippen LogP contribution is -2.26. The molecular weight excluding hydrogens is 388 g/mol. The van der Waals surface area contributed by atoms with Crippen molar-refractivity contribution in [3.8, 4) is 16.9 Å². The quantitative estimate of drug-likeness (QED) is 0.431. The van der Waals surface area contributed by atoms with E-state index < -0.39 is 12.1 Å². The predicted octanol–water partition coefficient (Wildman–Crippen LogP) is 5.69. The number of aliphatic carboxylic acids is 1. The van der Waals surface area contributed by atoms with Crippen LogP contribution in [-0.4, -0.2) is 30.4 Å². The number of hydrogen-bond donors (Lipinski definition) is 1. The van der Waals surface area contributed by atoms with Gasteiger partial charge in [-0.2, -0.15) is 0 Å². The molecule has 0 fully saturated rings. The minimum atomic E-state index is -0.933. The summed E-state index contributed by atoms with van der Waals surface area (Å²) in [7, 11) is 0. The Morgan fingerprint density at radius 1 is 0.935 bits per heavy atom. The summed E-state index contributed by atoms with van der Waals surface area (Å²) in [6, 6.07) is 25.0. The second-order valence-electron chi connectivity index (χ2n) is 7.85. The van der Waals surface area contributed by atoms with Crippen LogP contribution in [0.4, 0.5) is 0 Å². The highest BCUT2D eigenvalue weighted by Crippen LogP contribution is 2.46. The topological polar surface area (TPSA) is 55.8 Å². The fourth-order valence-corrected chi connectivity index (χ4v) is 4.40. The lowest BCUT2D eigenvalue weighted by molar-refractivity contribution is -0.149. The van der Waals surface area contributed by atoms with E-state index in [-0.39, 0.29) is 0 Å². The summed E-state index contributed by atoms with van der Waals surface area (Å²) in [4.78, 5) is 11.2. The van der Waals surface area contributed by atoms with Gasteiger partial charge in [0, 0.05) is 18.9 Å². The molecule has 3 aromatic carbocycles. The lowest BCUT2D eigenvalue weighted by atomic mass is 9.92. The first kappa shape index (κ1) is 21.1. The van der Waals surface area contributed by atoms with Gasteiger partial charge < -0.3 is 14.6 Å². The zero-order valence-electron chi connectivity index (χ0n) is 17.8. The van der Waals surface area contributed by atoms with E-state index in [0.29, 0.717) is 25.6 Å². The third kappa shape index (κ3) is 4.80. The van der Waals surface area contributed by atoms with E-state index in [4.69, 9.17) is 9.47 Å². The average molecular weight is 417 g/mol. The highest BCUT2D eigenvalue weighted by Gasteiger charge is 2.27. The molecular formula is C27H28O4. The van der Waals surface area contributed by atoms with E-state index in [9.17, 15) is 9.90 Å². The summed E-state index contributed by atoms with van der Waals surface area (Å²) in [6.07, 6.45) is 1.54. The van der Waals surface area contributed by atoms with Gasteiger partial charge in [-0.3, -0.25) is 0 Å². The van der Waals surface area contributed by atoms with Crippen LogP contribution in [0.5, 0.6) is 5.75 Å². The number of ether oxygens (including phenoxy) is 2. The van der Waals surface area contributed by atoms with Crippen molar-refractivity contribution in [3.63, 3.8) is 0 Å². The summed E-state index contributed by atoms with van der Waals surface area (Å²) in [6.45, 7) is 2.83. The Balaban J connectivity index is 1.31. The van der Waals surface area contributed by atoms with Gasteiger partial charge in [-0.05, 0) is 59.7 Å². The molecule has 0 aromatic heterocycles. The molecule has 0 spiro atoms. The van der Waals surface area contributed by atoms with Crippen molar-refractivity contribution in [2.24, 2.45) is 0 Å². The van der Waals surface area contributed by atoms with Gasteiger partial charge >= 0.3 is 5.97 Å². The molecule has 4 heteroatoms. The molecule has 3 aromatic rings. The summed E-state index contributed by atoms with van der Waals surface area (Å²) in [5.74, 6) is 0.293. The molecule has 1 aliphatic rings. The third-order valence-electron chi connectivity index (χ3n) is 5.86. The van der Waals surface area contributed by atoms with Crippen molar-refractivity contribution < 1.29 is 19.4 Å². The first-order chi connectivity index (χ1) is 15.2. The molecule has 0 saturated heterocycles. The molecule has 0 aliphatic heterocycles. The Kier molecular flexibility index (Phi) is 6.68. The number of carbonyl (C=O) groups is 1. The van der Waals surface area contributed by atoms with Crippen LogP contribution in [0.2, 0.25) is 0 Å². The fraction of sp³-hybridized carbons (Fsp3) is 0.296. The molecule has 1 aliphatic carbocycles. The van der Waals surface area contributed by atoms with Gasteiger partial charge in [-0.15, -0.1) is 0 Å². The predicted molar refractivity (Wildman–Crippen MR) is 122 cm³/mol. The molecule has 1 unspecified atom stereocenters. The van der Waals surface area contributed by atoms with Gasteiger partial charge in [-0.1, -0.05) is 60.7 Å². The van der Waals surface area contributed by atoms with Crippen molar-refractivity contribution in [2.75, 3.05) is 13.2 Å². The van der Waals surface area contributed by atoms with Crippen LogP contribution >= 0.6 is 0 Å². The Labute approximate surface area is 183 Å². The highest BCUT2D eigenvalue weighted by molar-refractivity contribution is 5.78. The Bertz CT molecular complexity index is 980. The second kappa shape index (κ2) is 9.80. The van der Waals surface area contributed by atoms with Crippen molar-refractivity contribution in [3.05, 3.63) is 89.5 Å². The van der Waals surface area contributed by atoms with Gasteiger partial charge in [-0.25, -0.2) is 4.79 Å². The van der Waals surface area contributed by atoms with Crippen molar-refractivity contribution in [2.45, 2.75) is 38.2 Å². The normalized spacial score (nSPS) is 13.5. The summed E-state index contributed by atoms with van der Waals surface area (Å²) < 4.78 is 11.2. The van der Waals surface area contributed by atoms with E-state index in [1.54, 1.807) is 6.92 Å². The highest BCUT2D eigenvalue weighted by atomic mass is 16.5. The molecule has 4 nitrogen and oxygen atoms in total. The molecule has 4 rings (SSSR count). The maximum atomic E-state index is 11.2. The van der Waals surface area contributed by atoms with Crippen molar-refractivity contribution >= 4 is 5.97 Å². The Morgan fingerprint density at radius 3 is 2.13 bits per heavy atom. The number of benzene rings is 3. The molecule has 0 bridgehead atoms. The SMILES string of the molecule is CCOC(Cc1ccc(OCCCC2c3ccccc3-c3ccccc32)cc1)C(=O)O. The van der Waals surface area contributed by atoms with Gasteiger partial charge in [0.15, 0.2) is 6.10 Å². The van der Waals surface area contributed by atoms with E-state index in [0.717, 1.165) is 24.2 Å². The molecule has 0 saturated carbocycles. The standard InChI is InChI=1S/C27H28O4/c1-2-30-26(27(28)29)18-19-13-15-20(16-14-19)31-17-7-12-25-23-10-5-3-8-21(23)22-9-4-6-11-24(22)25/h3-6,8-11,13-16,25-26H,2,7,12,17-18H2,1H3,(H,28,29). The number of rotatable bonds is 10. The largest absolute Gasteiger partial charge is 0.494 e. The number of carboxylic acids is 1. The van der Waals surface area contributed by atoms with Crippen LogP contribution in [-0.2, 0) is 16.0 Å². The van der Waals surface area contributed by atoms with E-state index >= 15 is 0 Å². The van der Waals surface area contributed by atoms with Gasteiger partial charge in [0.1, 0.15) is 5.75 Å². The summed E-state index contributed by atoms with van der Waals surface area (Å²) in [5.41, 5.74) is 6.45. The van der Waals surface area contributed by atoms with Crippen molar-refractivity contribution in [1.29, 1.82) is 0 Å². The Hall–Kier alpha value is -3.11. The minimum Gasteiger partial charge on any atom is -0.494 e. The van der Waals surface area contributed by atoms with Crippen LogP contribution in [0.25, 0.3) is 11.1 Å². The van der Waals surface area contributed by atoms with Crippen LogP contribution < -0.4 is 4.74 Å². The zero-order valence-corrected chi connectivity index (χ0v) is 17.8. The minimum absolute atomic E-state index is 0.351. The van der Waals surface area contributed by atoms with E-state index in [2.05, 4.69) is 48.5 Å². The van der Waals surface area contributed by atoms with Gasteiger partial charge in [0.2, 0.25) is 0 Å². The summed E-state index contributed by atoms with van der Waals surface area (Å²) in [5, 5.41) is 9.23. The van der Waals surface area contributed by atoms with Crippen LogP contribution in [0.3, 0.4) is 0 Å². The lowest BCUT2D eigenvalue weighted by Gasteiger charge is -2.14. The first-order valence-corrected chi connectivity index (χ1v) is 10.9. The third-order valence-corrected chi connectivity index (χ3v) is 5.86. The molecule has 160 valence electrons. The van der Waals surface area contributed by atoms with Crippen LogP contribution in [0.15, 0.2) is 72.8 Å². The second-order valence-corrected chi connectivity index (χ2v) is 7.85. The summed E-state index contributed by atoms with van der Waals surface area (Å²) >= 11 is 0. The smallest absolute Gasteiger partial charge is 0.333 e. The molecule has 0 heterocycles. The zero-order chi connectivity index (χ0) is 21.6. The molecule has 31 heavy (non-hydrogen) atoms. The fourth-order valence-electron chi connectivity index (χ4n) is 4.40. The van der Waals surface area contributed by atoms with E-state index in [1.165, 1.54) is 22.3 Å². The Morgan fingerprint density at radius 2 is 1.55 bits per heavy atom. The number of carboxylic acid groups (broad SMARTS) is 1. The molecule has 0 radical (unpaired) electrons. The maximum Gasteiger partial charge on any atom is 0.333 e. The molecule has 0 amide bonds. The van der Waals surface area contributed by atoms with Crippen LogP contribution in [0, 0.1) is 0 Å². The van der Waals surface area contributed by atoms with Gasteiger partial charge in [0.25, 0.3) is 0 Å². The average Bonchev–Trinajstić information content (AvgIpc) is 3.11.